The summed E-state index contributed by atoms with van der Waals surface area (Å²) in [5.41, 5.74) is 8.41. The first kappa shape index (κ1) is 22.1. The van der Waals surface area contributed by atoms with Gasteiger partial charge in [0, 0.05) is 0 Å². The predicted molar refractivity (Wildman–Crippen MR) is 116 cm³/mol. The molecule has 0 saturated heterocycles. The van der Waals surface area contributed by atoms with Gasteiger partial charge in [-0.2, -0.15) is 0 Å². The van der Waals surface area contributed by atoms with Gasteiger partial charge in [0.05, 0.1) is 0 Å². The van der Waals surface area contributed by atoms with E-state index in [0.717, 1.165) is 50.0 Å². The van der Waals surface area contributed by atoms with Gasteiger partial charge in [0.2, 0.25) is 0 Å². The van der Waals surface area contributed by atoms with Crippen LogP contribution in [0.15, 0.2) is 24.3 Å². The Labute approximate surface area is 177 Å². The van der Waals surface area contributed by atoms with E-state index in [1.165, 1.54) is 33.4 Å². The first-order valence-electron chi connectivity index (χ1n) is 10.4. The molecule has 0 atom stereocenters. The van der Waals surface area contributed by atoms with Gasteiger partial charge in [0.15, 0.2) is 0 Å². The average Bonchev–Trinajstić information content (AvgIpc) is 2.66. The molecule has 0 fully saturated rings. The van der Waals surface area contributed by atoms with Crippen molar-refractivity contribution >= 4 is 22.0 Å². The number of benzene rings is 2. The van der Waals surface area contributed by atoms with Crippen molar-refractivity contribution in [1.82, 2.24) is 0 Å². The zero-order valence-electron chi connectivity index (χ0n) is 17.9. The molecule has 3 heteroatoms. The summed E-state index contributed by atoms with van der Waals surface area (Å²) in [4.78, 5) is 0. The third-order valence-corrected chi connectivity index (χ3v) is 6.99. The van der Waals surface area contributed by atoms with Crippen LogP contribution in [-0.4, -0.2) is 22.0 Å². The van der Waals surface area contributed by atoms with Crippen LogP contribution in [0.4, 0.5) is 0 Å². The minimum absolute atomic E-state index is 1.05. The molecule has 2 rings (SSSR count). The summed E-state index contributed by atoms with van der Waals surface area (Å²) in [6, 6.07) is 8.67. The maximum absolute atomic E-state index is 6.28. The summed E-state index contributed by atoms with van der Waals surface area (Å²) in [6.07, 6.45) is 6.54. The van der Waals surface area contributed by atoms with Crippen molar-refractivity contribution in [3.63, 3.8) is 0 Å². The fourth-order valence-corrected chi connectivity index (χ4v) is 5.63. The van der Waals surface area contributed by atoms with Crippen LogP contribution in [0.3, 0.4) is 0 Å². The second-order valence-electron chi connectivity index (χ2n) is 7.17. The molecule has 0 unspecified atom stereocenters. The quantitative estimate of drug-likeness (QED) is 0.376. The Hall–Kier alpha value is -1.16. The molecule has 146 valence electrons. The van der Waals surface area contributed by atoms with Crippen molar-refractivity contribution < 1.29 is 6.15 Å². The summed E-state index contributed by atoms with van der Waals surface area (Å²) < 4.78 is 12.6. The van der Waals surface area contributed by atoms with E-state index in [2.05, 4.69) is 65.8 Å². The van der Waals surface area contributed by atoms with Crippen molar-refractivity contribution in [1.29, 1.82) is 0 Å². The van der Waals surface area contributed by atoms with Gasteiger partial charge in [0.25, 0.3) is 0 Å². The third-order valence-electron chi connectivity index (χ3n) is 5.26. The van der Waals surface area contributed by atoms with Crippen molar-refractivity contribution in [2.75, 3.05) is 0 Å². The van der Waals surface area contributed by atoms with Crippen LogP contribution in [0.1, 0.15) is 73.9 Å². The van der Waals surface area contributed by atoms with E-state index in [1.807, 2.05) is 0 Å². The average molecular weight is 473 g/mol. The van der Waals surface area contributed by atoms with Crippen molar-refractivity contribution in [2.45, 2.75) is 80.1 Å². The van der Waals surface area contributed by atoms with E-state index in [1.54, 1.807) is 0 Å². The Morgan fingerprint density at radius 3 is 1.37 bits per heavy atom. The van der Waals surface area contributed by atoms with Crippen molar-refractivity contribution in [3.8, 4) is 11.5 Å². The van der Waals surface area contributed by atoms with Crippen LogP contribution in [0.25, 0.3) is 0 Å². The van der Waals surface area contributed by atoms with Gasteiger partial charge < -0.3 is 0 Å². The van der Waals surface area contributed by atoms with Crippen LogP contribution in [0.2, 0.25) is 0 Å². The van der Waals surface area contributed by atoms with Crippen LogP contribution in [0, 0.1) is 13.8 Å². The van der Waals surface area contributed by atoms with E-state index in [0.29, 0.717) is 0 Å². The zero-order valence-corrected chi connectivity index (χ0v) is 20.7. The molecule has 0 aliphatic rings. The normalized spacial score (nSPS) is 10.9. The predicted octanol–water partition coefficient (Wildman–Crippen LogP) is 6.33. The molecule has 0 amide bonds. The molecule has 0 aliphatic carbocycles. The molecule has 2 aromatic carbocycles. The van der Waals surface area contributed by atoms with E-state index < -0.39 is 22.0 Å². The zero-order chi connectivity index (χ0) is 19.8. The van der Waals surface area contributed by atoms with Crippen LogP contribution in [0.5, 0.6) is 11.5 Å². The molecule has 2 nitrogen and oxygen atoms in total. The Kier molecular flexibility index (Phi) is 9.01. The minimum atomic E-state index is -1.45. The van der Waals surface area contributed by atoms with E-state index in [9.17, 15) is 0 Å². The van der Waals surface area contributed by atoms with Gasteiger partial charge in [-0.1, -0.05) is 0 Å². The Morgan fingerprint density at radius 1 is 0.630 bits per heavy atom. The molecule has 0 aliphatic heterocycles. The van der Waals surface area contributed by atoms with Crippen LogP contribution < -0.4 is 6.15 Å². The molecule has 0 N–H and O–H groups in total. The SMILES string of the molecule is CCCc1c([O][Sn][O]c2ccc(C)c(CC)c2CCC)ccc(C)c1CC. The molecule has 27 heavy (non-hydrogen) atoms. The van der Waals surface area contributed by atoms with Crippen molar-refractivity contribution in [2.24, 2.45) is 0 Å². The molecule has 2 aromatic rings. The molecule has 0 heterocycles. The summed E-state index contributed by atoms with van der Waals surface area (Å²) in [7, 11) is 0. The molecule has 0 spiro atoms. The Bertz CT molecular complexity index is 689. The number of hydrogen-bond acceptors (Lipinski definition) is 2. The van der Waals surface area contributed by atoms with Crippen LogP contribution >= 0.6 is 0 Å². The van der Waals surface area contributed by atoms with Gasteiger partial charge in [0.1, 0.15) is 0 Å². The summed E-state index contributed by atoms with van der Waals surface area (Å²) >= 11 is -1.45. The van der Waals surface area contributed by atoms with Gasteiger partial charge in [-0.3, -0.25) is 0 Å². The van der Waals surface area contributed by atoms with Crippen molar-refractivity contribution in [3.05, 3.63) is 57.6 Å². The van der Waals surface area contributed by atoms with E-state index >= 15 is 0 Å². The second kappa shape index (κ2) is 11.0. The first-order valence-corrected chi connectivity index (χ1v) is 12.7. The summed E-state index contributed by atoms with van der Waals surface area (Å²) in [5, 5.41) is 0. The van der Waals surface area contributed by atoms with E-state index in [4.69, 9.17) is 6.15 Å². The third kappa shape index (κ3) is 5.43. The summed E-state index contributed by atoms with van der Waals surface area (Å²) in [5.74, 6) is 2.09. The van der Waals surface area contributed by atoms with Gasteiger partial charge >= 0.3 is 177 Å². The van der Waals surface area contributed by atoms with Gasteiger partial charge in [-0.15, -0.1) is 0 Å². The number of hydrogen-bond donors (Lipinski definition) is 0. The standard InChI is InChI=1S/2C12H18O.Sn/c2*1-4-6-11-10(5-2)9(3)7-8-12(11)13;/h2*7-8,13H,4-6H2,1-3H3;/q;;+2/p-2. The van der Waals surface area contributed by atoms with E-state index in [-0.39, 0.29) is 0 Å². The Morgan fingerprint density at radius 2 is 1.04 bits per heavy atom. The molecule has 2 radical (unpaired) electrons. The summed E-state index contributed by atoms with van der Waals surface area (Å²) in [6.45, 7) is 13.3. The molecule has 0 bridgehead atoms. The monoisotopic (exact) mass is 474 g/mol. The maximum atomic E-state index is 6.28. The molecule has 0 aromatic heterocycles. The fraction of sp³-hybridized carbons (Fsp3) is 0.500. The number of aryl methyl sites for hydroxylation is 2. The number of rotatable bonds is 10. The molecular formula is C24H34O2Sn. The Balaban J connectivity index is 2.20. The molecule has 0 saturated carbocycles. The molecular weight excluding hydrogens is 439 g/mol. The van der Waals surface area contributed by atoms with Gasteiger partial charge in [-0.25, -0.2) is 0 Å². The van der Waals surface area contributed by atoms with Gasteiger partial charge in [-0.05, 0) is 0 Å². The first-order chi connectivity index (χ1) is 13.1. The van der Waals surface area contributed by atoms with Crippen LogP contribution in [-0.2, 0) is 25.7 Å². The topological polar surface area (TPSA) is 18.5 Å². The fourth-order valence-electron chi connectivity index (χ4n) is 3.91. The second-order valence-corrected chi connectivity index (χ2v) is 8.81.